The molecule has 3 unspecified atom stereocenters. The van der Waals surface area contributed by atoms with Gasteiger partial charge in [0.15, 0.2) is 16.5 Å². The number of carboxylic acid groups (broad SMARTS) is 2. The van der Waals surface area contributed by atoms with E-state index in [-0.39, 0.29) is 12.8 Å². The first-order valence-corrected chi connectivity index (χ1v) is 22.3. The van der Waals surface area contributed by atoms with Crippen molar-refractivity contribution in [3.63, 3.8) is 0 Å². The number of carbonyl (C=O) groups excluding carboxylic acids is 8. The fraction of sp³-hybridized carbons (Fsp3) is 0.750. The zero-order chi connectivity index (χ0) is 47.4. The summed E-state index contributed by atoms with van der Waals surface area (Å²) in [5, 5.41) is 36.7. The van der Waals surface area contributed by atoms with Crippen molar-refractivity contribution in [3.8, 4) is 0 Å². The SMILES string of the molecule is CCCCCCCCCCCC(=O)OC(=O)CC(O)(CC(=O)OC(=O)CC(C(=O)OC(=O)CC(O)(CC(=O)OC(=O)CCCCCCCCCCC)C(=O)O)S(=O)(=O)O)C(=O)O. The molecule has 0 heterocycles. The number of rotatable bonds is 34. The second kappa shape index (κ2) is 30.4. The van der Waals surface area contributed by atoms with Crippen molar-refractivity contribution >= 4 is 69.8 Å². The maximum absolute atomic E-state index is 12.5. The smallest absolute Gasteiger partial charge is 0.336 e. The number of carbonyl (C=O) groups is 10. The van der Waals surface area contributed by atoms with Crippen LogP contribution in [0.1, 0.15) is 174 Å². The number of carboxylic acids is 2. The van der Waals surface area contributed by atoms with Crippen molar-refractivity contribution in [2.75, 3.05) is 0 Å². The highest BCUT2D eigenvalue weighted by Gasteiger charge is 2.46. The van der Waals surface area contributed by atoms with Gasteiger partial charge in [0.05, 0.1) is 32.1 Å². The van der Waals surface area contributed by atoms with Crippen LogP contribution >= 0.6 is 0 Å². The highest BCUT2D eigenvalue weighted by atomic mass is 32.2. The van der Waals surface area contributed by atoms with Gasteiger partial charge in [0.1, 0.15) is 0 Å². The summed E-state index contributed by atoms with van der Waals surface area (Å²) < 4.78 is 50.7. The minimum absolute atomic E-state index is 0.205. The first kappa shape index (κ1) is 57.3. The van der Waals surface area contributed by atoms with Crippen LogP contribution in [0, 0.1) is 0 Å². The maximum atomic E-state index is 12.5. The highest BCUT2D eigenvalue weighted by Crippen LogP contribution is 2.22. The number of aliphatic carboxylic acids is 2. The lowest BCUT2D eigenvalue weighted by Crippen LogP contribution is -2.45. The molecule has 0 radical (unpaired) electrons. The fourth-order valence-corrected chi connectivity index (χ4v) is 6.49. The number of aliphatic hydroxyl groups is 2. The van der Waals surface area contributed by atoms with Crippen LogP contribution in [0.3, 0.4) is 0 Å². The second-order valence-electron chi connectivity index (χ2n) is 15.1. The molecular formula is C40H62O21S. The molecule has 0 saturated heterocycles. The Labute approximate surface area is 360 Å². The fourth-order valence-electron chi connectivity index (χ4n) is 5.85. The number of esters is 8. The van der Waals surface area contributed by atoms with Crippen molar-refractivity contribution in [3.05, 3.63) is 0 Å². The van der Waals surface area contributed by atoms with Gasteiger partial charge in [0, 0.05) is 12.8 Å². The molecule has 354 valence electrons. The molecule has 0 aromatic heterocycles. The van der Waals surface area contributed by atoms with Crippen LogP contribution in [0.2, 0.25) is 0 Å². The Bertz CT molecular complexity index is 1640. The van der Waals surface area contributed by atoms with Crippen LogP contribution < -0.4 is 0 Å². The molecule has 0 saturated carbocycles. The molecule has 3 atom stereocenters. The molecule has 0 aromatic rings. The largest absolute Gasteiger partial charge is 0.479 e. The molecule has 0 spiro atoms. The van der Waals surface area contributed by atoms with Crippen LogP contribution in [-0.4, -0.2) is 110 Å². The molecular weight excluding hydrogens is 848 g/mol. The molecule has 0 aromatic carbocycles. The number of unbranched alkanes of at least 4 members (excludes halogenated alkanes) is 16. The normalized spacial score (nSPS) is 13.7. The third-order valence-corrected chi connectivity index (χ3v) is 10.5. The van der Waals surface area contributed by atoms with Gasteiger partial charge in [0.2, 0.25) is 0 Å². The summed E-state index contributed by atoms with van der Waals surface area (Å²) in [6.45, 7) is 4.21. The molecule has 0 amide bonds. The average Bonchev–Trinajstić information content (AvgIpc) is 3.14. The quantitative estimate of drug-likeness (QED) is 0.0201. The summed E-state index contributed by atoms with van der Waals surface area (Å²) >= 11 is 0. The molecule has 0 bridgehead atoms. The van der Waals surface area contributed by atoms with Gasteiger partial charge >= 0.3 is 59.7 Å². The Morgan fingerprint density at radius 1 is 0.435 bits per heavy atom. The van der Waals surface area contributed by atoms with Gasteiger partial charge in [-0.25, -0.2) is 9.59 Å². The van der Waals surface area contributed by atoms with Crippen molar-refractivity contribution in [1.82, 2.24) is 0 Å². The zero-order valence-electron chi connectivity index (χ0n) is 35.4. The molecule has 0 aliphatic rings. The van der Waals surface area contributed by atoms with Gasteiger partial charge in [-0.3, -0.25) is 42.9 Å². The lowest BCUT2D eigenvalue weighted by Gasteiger charge is -2.21. The van der Waals surface area contributed by atoms with E-state index in [1.807, 2.05) is 0 Å². The second-order valence-corrected chi connectivity index (χ2v) is 16.7. The molecule has 0 aliphatic heterocycles. The number of ether oxygens (including phenoxy) is 4. The Morgan fingerprint density at radius 3 is 1.00 bits per heavy atom. The van der Waals surface area contributed by atoms with Gasteiger partial charge < -0.3 is 39.4 Å². The molecule has 5 N–H and O–H groups in total. The Hall–Kier alpha value is -4.67. The van der Waals surface area contributed by atoms with Crippen molar-refractivity contribution in [2.45, 2.75) is 191 Å². The van der Waals surface area contributed by atoms with Gasteiger partial charge in [-0.1, -0.05) is 117 Å². The average molecular weight is 911 g/mol. The Morgan fingerprint density at radius 2 is 0.710 bits per heavy atom. The zero-order valence-corrected chi connectivity index (χ0v) is 36.2. The summed E-state index contributed by atoms with van der Waals surface area (Å²) in [6, 6.07) is 0. The molecule has 0 aliphatic carbocycles. The Balaban J connectivity index is 5.16. The Kier molecular flexibility index (Phi) is 28.1. The van der Waals surface area contributed by atoms with Gasteiger partial charge in [-0.15, -0.1) is 0 Å². The lowest BCUT2D eigenvalue weighted by atomic mass is 9.96. The third kappa shape index (κ3) is 26.0. The summed E-state index contributed by atoms with van der Waals surface area (Å²) in [5.74, 6) is -17.9. The molecule has 62 heavy (non-hydrogen) atoms. The lowest BCUT2D eigenvalue weighted by molar-refractivity contribution is -0.179. The van der Waals surface area contributed by atoms with Crippen LogP contribution in [0.15, 0.2) is 0 Å². The van der Waals surface area contributed by atoms with Gasteiger partial charge in [-0.2, -0.15) is 8.42 Å². The van der Waals surface area contributed by atoms with Gasteiger partial charge in [0.25, 0.3) is 10.1 Å². The van der Waals surface area contributed by atoms with Crippen molar-refractivity contribution in [1.29, 1.82) is 0 Å². The minimum atomic E-state index is -5.71. The maximum Gasteiger partial charge on any atom is 0.336 e. The van der Waals surface area contributed by atoms with Crippen molar-refractivity contribution in [2.24, 2.45) is 0 Å². The minimum Gasteiger partial charge on any atom is -0.479 e. The van der Waals surface area contributed by atoms with E-state index in [0.29, 0.717) is 25.7 Å². The van der Waals surface area contributed by atoms with Crippen LogP contribution in [0.5, 0.6) is 0 Å². The third-order valence-electron chi connectivity index (χ3n) is 9.38. The van der Waals surface area contributed by atoms with E-state index in [9.17, 15) is 81.3 Å². The predicted octanol–water partition coefficient (Wildman–Crippen LogP) is 3.95. The molecule has 0 rings (SSSR count). The molecule has 22 heteroatoms. The van der Waals surface area contributed by atoms with Crippen molar-refractivity contribution < 1.29 is 100 Å². The summed E-state index contributed by atoms with van der Waals surface area (Å²) in [5.41, 5.74) is -6.70. The van der Waals surface area contributed by atoms with Crippen LogP contribution in [0.25, 0.3) is 0 Å². The van der Waals surface area contributed by atoms with E-state index in [1.54, 1.807) is 0 Å². The van der Waals surface area contributed by atoms with E-state index in [0.717, 1.165) is 89.9 Å². The van der Waals surface area contributed by atoms with E-state index < -0.39 is 118 Å². The standard InChI is InChI=1S/C40H62O21S/c1-3-5-7-9-11-13-15-17-19-21-29(41)58-32(44)24-39(53,37(49)50)26-34(46)60-31(43)23-28(62(55,56)57)36(48)61-35(47)27-40(54,38(51)52)25-33(45)59-30(42)22-20-18-16-14-12-10-8-6-4-2/h28,53-54H,3-27H2,1-2H3,(H,49,50)(H,51,52)(H,55,56,57). The van der Waals surface area contributed by atoms with E-state index in [2.05, 4.69) is 32.8 Å². The molecule has 0 fully saturated rings. The van der Waals surface area contributed by atoms with E-state index in [4.69, 9.17) is 0 Å². The van der Waals surface area contributed by atoms with Crippen LogP contribution in [-0.2, 0) is 77.0 Å². The van der Waals surface area contributed by atoms with E-state index in [1.165, 1.54) is 0 Å². The highest BCUT2D eigenvalue weighted by molar-refractivity contribution is 7.87. The summed E-state index contributed by atoms with van der Waals surface area (Å²) in [6.07, 6.45) is 7.96. The first-order valence-electron chi connectivity index (χ1n) is 20.8. The number of hydrogen-bond acceptors (Lipinski definition) is 18. The summed E-state index contributed by atoms with van der Waals surface area (Å²) in [4.78, 5) is 122. The topological polar surface area (TPSA) is 343 Å². The first-order chi connectivity index (χ1) is 29.0. The summed E-state index contributed by atoms with van der Waals surface area (Å²) in [7, 11) is -5.71. The van der Waals surface area contributed by atoms with E-state index >= 15 is 0 Å². The van der Waals surface area contributed by atoms with Crippen LogP contribution in [0.4, 0.5) is 0 Å². The monoisotopic (exact) mass is 910 g/mol. The predicted molar refractivity (Wildman–Crippen MR) is 212 cm³/mol. The molecule has 21 nitrogen and oxygen atoms in total. The number of hydrogen-bond donors (Lipinski definition) is 5. The van der Waals surface area contributed by atoms with Gasteiger partial charge in [-0.05, 0) is 12.8 Å².